The van der Waals surface area contributed by atoms with Crippen molar-refractivity contribution in [1.29, 1.82) is 0 Å². The largest absolute Gasteiger partial charge is 0.377 e. The van der Waals surface area contributed by atoms with Crippen molar-refractivity contribution in [2.75, 3.05) is 188 Å². The molecule has 0 aromatic rings. The van der Waals surface area contributed by atoms with Crippen LogP contribution in [0, 0.1) is 45.3 Å². The molecule has 16 nitrogen and oxygen atoms in total. The van der Waals surface area contributed by atoms with Gasteiger partial charge in [-0.05, 0) is 179 Å². The molecule has 0 aromatic heterocycles. The van der Waals surface area contributed by atoms with Crippen LogP contribution in [0.15, 0.2) is 0 Å². The molecule has 16 heteroatoms. The molecule has 8 atom stereocenters. The summed E-state index contributed by atoms with van der Waals surface area (Å²) in [7, 11) is 16.6. The van der Waals surface area contributed by atoms with Crippen molar-refractivity contribution in [3.05, 3.63) is 0 Å². The molecule has 0 bridgehead atoms. The summed E-state index contributed by atoms with van der Waals surface area (Å²) in [4.78, 5) is 8.98. The lowest BCUT2D eigenvalue weighted by molar-refractivity contribution is -0.0331. The molecular weight excluding hydrogens is 1250 g/mol. The van der Waals surface area contributed by atoms with Crippen molar-refractivity contribution in [1.82, 2.24) is 40.9 Å². The fourth-order valence-electron chi connectivity index (χ4n) is 8.88. The molecule has 100 heavy (non-hydrogen) atoms. The van der Waals surface area contributed by atoms with Crippen LogP contribution in [-0.4, -0.2) is 256 Å². The summed E-state index contributed by atoms with van der Waals surface area (Å²) in [5.41, 5.74) is 0.938. The van der Waals surface area contributed by atoms with Crippen molar-refractivity contribution in [2.45, 2.75) is 322 Å². The van der Waals surface area contributed by atoms with E-state index in [1.54, 1.807) is 0 Å². The van der Waals surface area contributed by atoms with Crippen LogP contribution in [0.4, 0.5) is 0 Å². The molecule has 0 aliphatic rings. The molecule has 0 heterocycles. The van der Waals surface area contributed by atoms with Crippen LogP contribution in [0.5, 0.6) is 0 Å². The van der Waals surface area contributed by atoms with E-state index in [-0.39, 0.29) is 21.7 Å². The van der Waals surface area contributed by atoms with Gasteiger partial charge in [-0.15, -0.1) is 0 Å². The predicted molar refractivity (Wildman–Crippen MR) is 446 cm³/mol. The normalized spacial score (nSPS) is 14.4. The molecule has 0 aliphatic carbocycles. The zero-order chi connectivity index (χ0) is 79.5. The highest BCUT2D eigenvalue weighted by atomic mass is 16.5. The van der Waals surface area contributed by atoms with Gasteiger partial charge in [0.05, 0.1) is 48.8 Å². The van der Waals surface area contributed by atoms with Crippen LogP contribution in [0.2, 0.25) is 0 Å². The van der Waals surface area contributed by atoms with Crippen LogP contribution in [0.25, 0.3) is 0 Å². The molecule has 0 amide bonds. The van der Waals surface area contributed by atoms with Gasteiger partial charge < -0.3 is 78.8 Å². The van der Waals surface area contributed by atoms with Crippen molar-refractivity contribution >= 4 is 0 Å². The Hall–Kier alpha value is -0.640. The molecule has 0 aliphatic heterocycles. The predicted octanol–water partition coefficient (Wildman–Crippen LogP) is 17.7. The summed E-state index contributed by atoms with van der Waals surface area (Å²) in [6, 6.07) is 0. The number of ether oxygens (including phenoxy) is 8. The average Bonchev–Trinajstić information content (AvgIpc) is 0.920. The zero-order valence-corrected chi connectivity index (χ0v) is 75.8. The molecule has 0 spiro atoms. The van der Waals surface area contributed by atoms with E-state index < -0.39 is 0 Å². The summed E-state index contributed by atoms with van der Waals surface area (Å²) in [6.45, 7) is 89.4. The maximum atomic E-state index is 5.89. The van der Waals surface area contributed by atoms with Gasteiger partial charge >= 0.3 is 0 Å². The molecule has 0 saturated heterocycles. The van der Waals surface area contributed by atoms with Crippen molar-refractivity contribution in [3.8, 4) is 0 Å². The van der Waals surface area contributed by atoms with Crippen molar-refractivity contribution in [2.24, 2.45) is 45.3 Å². The van der Waals surface area contributed by atoms with Crippen LogP contribution in [0.1, 0.15) is 273 Å². The molecule has 0 rings (SSSR count). The monoisotopic (exact) mass is 1440 g/mol. The van der Waals surface area contributed by atoms with E-state index in [4.69, 9.17) is 37.9 Å². The van der Waals surface area contributed by atoms with Crippen LogP contribution in [-0.2, 0) is 37.9 Å². The minimum absolute atomic E-state index is 0.233. The van der Waals surface area contributed by atoms with Gasteiger partial charge in [0.15, 0.2) is 0 Å². The average molecular weight is 1440 g/mol. The van der Waals surface area contributed by atoms with Crippen LogP contribution < -0.4 is 21.3 Å². The number of hydrogen-bond donors (Lipinski definition) is 4. The first-order valence-corrected chi connectivity index (χ1v) is 40.8. The van der Waals surface area contributed by atoms with Crippen LogP contribution >= 0.6 is 0 Å². The Morgan fingerprint density at radius 2 is 0.510 bits per heavy atom. The molecule has 0 fully saturated rings. The molecule has 4 N–H and O–H groups in total. The Morgan fingerprint density at radius 1 is 0.270 bits per heavy atom. The summed E-state index contributed by atoms with van der Waals surface area (Å²) < 4.78 is 46.1. The maximum absolute atomic E-state index is 5.89. The third-order valence-corrected chi connectivity index (χ3v) is 16.2. The van der Waals surface area contributed by atoms with E-state index in [1.165, 1.54) is 0 Å². The first-order valence-electron chi connectivity index (χ1n) is 40.8. The summed E-state index contributed by atoms with van der Waals surface area (Å²) in [5.74, 6) is 2.43. The summed E-state index contributed by atoms with van der Waals surface area (Å²) >= 11 is 0. The number of nitrogens with one attached hydrogen (secondary N) is 4. The number of rotatable bonds is 48. The van der Waals surface area contributed by atoms with Crippen LogP contribution in [0.3, 0.4) is 0 Å². The zero-order valence-electron chi connectivity index (χ0n) is 75.8. The third-order valence-electron chi connectivity index (χ3n) is 16.2. The van der Waals surface area contributed by atoms with Crippen molar-refractivity contribution in [3.63, 3.8) is 0 Å². The number of likely N-dealkylation sites (N-methyl/N-ethyl adjacent to an activating group) is 8. The van der Waals surface area contributed by atoms with E-state index in [0.717, 1.165) is 183 Å². The van der Waals surface area contributed by atoms with Gasteiger partial charge in [-0.1, -0.05) is 222 Å². The van der Waals surface area contributed by atoms with Gasteiger partial charge in [-0.2, -0.15) is 0 Å². The minimum atomic E-state index is 0.233. The first-order chi connectivity index (χ1) is 46.5. The van der Waals surface area contributed by atoms with E-state index in [1.807, 2.05) is 14.1 Å². The Morgan fingerprint density at radius 3 is 0.770 bits per heavy atom. The van der Waals surface area contributed by atoms with E-state index >= 15 is 0 Å². The first kappa shape index (κ1) is 115. The highest BCUT2D eigenvalue weighted by Crippen LogP contribution is 2.25. The van der Waals surface area contributed by atoms with Gasteiger partial charge in [-0.25, -0.2) is 0 Å². The smallest absolute Gasteiger partial charge is 0.0749 e. The van der Waals surface area contributed by atoms with Gasteiger partial charge in [0.1, 0.15) is 0 Å². The Labute approximate surface area is 630 Å². The molecule has 616 valence electrons. The number of nitrogens with zero attached hydrogens (tertiary/aromatic N) is 4. The minimum Gasteiger partial charge on any atom is -0.377 e. The lowest BCUT2D eigenvalue weighted by atomic mass is 9.88. The number of hydrogen-bond acceptors (Lipinski definition) is 16. The molecule has 0 saturated carbocycles. The standard InChI is InChI=1S/C12H27NO.3C11H25NO.3C10H23NO.C9H21NO/c1-7-9-14-11(12(3,4)5)10-13(6)8-2;1-7-8-13-10(9-12(5)6)11(2,3)4;1-6-8-13-10(9-12-7-2)11(3,4)5;1-6-8-13-11(10(3)4)9-12(5)7-2;1-6-7-12-9(8-11-5)10(2,3)4;1-6-7-12-10(9(2)3)8-11(4)5;1-5-7-12-10(9(3)4)8-11-6-2;1-5-6-11-9(7-10-4)8(2)3/h11H,7-10H2,1-6H3;10H,7-9H2,1-6H3;10,12H,6-9H2,1-5H3;10-11H,6-9H2,1-5H3;9,11H,6-8H2,1-5H3;9-10H,6-8H2,1-5H3;9-11H,5-8H2,1-4H3;8-10H,5-7H2,1-4H3. The van der Waals surface area contributed by atoms with Crippen molar-refractivity contribution < 1.29 is 37.9 Å². The fourth-order valence-corrected chi connectivity index (χ4v) is 8.88. The topological polar surface area (TPSA) is 135 Å². The third kappa shape index (κ3) is 81.4. The SMILES string of the molecule is CCCOC(CN(C)C)C(C)(C)C.CCCOC(CN(C)C)C(C)C.CCCOC(CN(C)CC)C(C)(C)C.CCCOC(CN(C)CC)C(C)C.CCCOC(CNC)C(C)(C)C.CCCOC(CNC)C(C)C.CCCOC(CNCC)C(C)(C)C.CCCOC(CNCC)C(C)C. The Balaban J connectivity index is -0.000000161. The summed E-state index contributed by atoms with van der Waals surface area (Å²) in [5, 5.41) is 12.9. The Kier molecular flexibility index (Phi) is 86.6. The second-order valence-corrected chi connectivity index (χ2v) is 33.5. The van der Waals surface area contributed by atoms with Gasteiger partial charge in [0.2, 0.25) is 0 Å². The van der Waals surface area contributed by atoms with Gasteiger partial charge in [0.25, 0.3) is 0 Å². The molecular formula is C84H192N8O8. The molecule has 0 radical (unpaired) electrons. The van der Waals surface area contributed by atoms with E-state index in [0.29, 0.717) is 72.5 Å². The second-order valence-electron chi connectivity index (χ2n) is 33.5. The lowest BCUT2D eigenvalue weighted by Gasteiger charge is -2.33. The maximum Gasteiger partial charge on any atom is 0.0749 e. The van der Waals surface area contributed by atoms with E-state index in [2.05, 4.69) is 305 Å². The fraction of sp³-hybridized carbons (Fsp3) is 1.00. The highest BCUT2D eigenvalue weighted by Gasteiger charge is 2.28. The van der Waals surface area contributed by atoms with Gasteiger partial charge in [0, 0.05) is 105 Å². The highest BCUT2D eigenvalue weighted by molar-refractivity contribution is 4.80. The summed E-state index contributed by atoms with van der Waals surface area (Å²) in [6.07, 6.45) is 11.7. The van der Waals surface area contributed by atoms with Gasteiger partial charge in [-0.3, -0.25) is 0 Å². The molecule has 8 unspecified atom stereocenters. The lowest BCUT2D eigenvalue weighted by Crippen LogP contribution is -2.40. The Bertz CT molecular complexity index is 1540. The second kappa shape index (κ2) is 75.2. The van der Waals surface area contributed by atoms with E-state index in [9.17, 15) is 0 Å². The molecule has 0 aromatic carbocycles. The quantitative estimate of drug-likeness (QED) is 0.0460.